The number of carbonyl (C=O) groups excluding carboxylic acids is 1. The van der Waals surface area contributed by atoms with E-state index in [1.165, 1.54) is 4.90 Å². The third kappa shape index (κ3) is 4.29. The van der Waals surface area contributed by atoms with Gasteiger partial charge in [0, 0.05) is 0 Å². The Balaban J connectivity index is 1.89. The van der Waals surface area contributed by atoms with E-state index in [1.807, 2.05) is 18.2 Å². The van der Waals surface area contributed by atoms with Gasteiger partial charge in [-0.25, -0.2) is 0 Å². The zero-order valence-electron chi connectivity index (χ0n) is 15.9. The van der Waals surface area contributed by atoms with Gasteiger partial charge in [-0.3, -0.25) is 9.69 Å². The standard InChI is InChI=1S/C21H21ClN2O3S/c1-13(2)12-27-19-11-14(8-9-18(19)26-3)10-16-20(25)24(21(28)23-16)17-7-5-4-6-15(17)22/h4-11,13H,12H2,1-3H3,(H,23,28)/b16-10-. The molecule has 0 unspecified atom stereocenters. The third-order valence-corrected chi connectivity index (χ3v) is 4.65. The van der Waals surface area contributed by atoms with Gasteiger partial charge in [0.05, 0.1) is 24.4 Å². The van der Waals surface area contributed by atoms with Crippen molar-refractivity contribution in [3.05, 3.63) is 58.7 Å². The fraction of sp³-hybridized carbons (Fsp3) is 0.238. The molecule has 1 heterocycles. The summed E-state index contributed by atoms with van der Waals surface area (Å²) in [6.45, 7) is 4.71. The molecule has 1 aliphatic heterocycles. The van der Waals surface area contributed by atoms with Crippen molar-refractivity contribution in [3.63, 3.8) is 0 Å². The number of nitrogens with zero attached hydrogens (tertiary/aromatic N) is 1. The van der Waals surface area contributed by atoms with Crippen LogP contribution in [-0.2, 0) is 4.79 Å². The molecule has 1 saturated heterocycles. The minimum absolute atomic E-state index is 0.265. The summed E-state index contributed by atoms with van der Waals surface area (Å²) in [4.78, 5) is 14.3. The molecule has 2 aromatic rings. The molecule has 0 atom stereocenters. The van der Waals surface area contributed by atoms with Crippen molar-refractivity contribution in [2.75, 3.05) is 18.6 Å². The molecule has 0 spiro atoms. The van der Waals surface area contributed by atoms with Gasteiger partial charge in [0.15, 0.2) is 16.6 Å². The molecule has 0 radical (unpaired) electrons. The Morgan fingerprint density at radius 1 is 1.21 bits per heavy atom. The Bertz CT molecular complexity index is 943. The lowest BCUT2D eigenvalue weighted by Crippen LogP contribution is -2.30. The van der Waals surface area contributed by atoms with Crippen molar-refractivity contribution in [2.45, 2.75) is 13.8 Å². The molecule has 5 nitrogen and oxygen atoms in total. The number of benzene rings is 2. The van der Waals surface area contributed by atoms with E-state index < -0.39 is 0 Å². The van der Waals surface area contributed by atoms with E-state index in [0.29, 0.717) is 40.4 Å². The van der Waals surface area contributed by atoms with Crippen LogP contribution in [0.2, 0.25) is 5.02 Å². The second-order valence-corrected chi connectivity index (χ2v) is 7.49. The number of thiocarbonyl (C=S) groups is 1. The first kappa shape index (κ1) is 20.2. The van der Waals surface area contributed by atoms with Gasteiger partial charge >= 0.3 is 0 Å². The largest absolute Gasteiger partial charge is 0.493 e. The summed E-state index contributed by atoms with van der Waals surface area (Å²) in [7, 11) is 1.59. The number of para-hydroxylation sites is 1. The summed E-state index contributed by atoms with van der Waals surface area (Å²) in [5.74, 6) is 1.38. The maximum atomic E-state index is 12.9. The Hall–Kier alpha value is -2.57. The molecule has 146 valence electrons. The van der Waals surface area contributed by atoms with E-state index in [-0.39, 0.29) is 11.0 Å². The van der Waals surface area contributed by atoms with E-state index in [1.54, 1.807) is 37.5 Å². The zero-order chi connectivity index (χ0) is 20.3. The predicted octanol–water partition coefficient (Wildman–Crippen LogP) is 4.65. The van der Waals surface area contributed by atoms with Gasteiger partial charge in [-0.05, 0) is 54.0 Å². The van der Waals surface area contributed by atoms with Crippen molar-refractivity contribution in [1.82, 2.24) is 5.32 Å². The monoisotopic (exact) mass is 416 g/mol. The minimum Gasteiger partial charge on any atom is -0.493 e. The Morgan fingerprint density at radius 3 is 2.64 bits per heavy atom. The number of hydrogen-bond donors (Lipinski definition) is 1. The van der Waals surface area contributed by atoms with Crippen LogP contribution in [0.25, 0.3) is 6.08 Å². The molecule has 28 heavy (non-hydrogen) atoms. The molecule has 1 N–H and O–H groups in total. The van der Waals surface area contributed by atoms with Crippen LogP contribution in [-0.4, -0.2) is 24.7 Å². The van der Waals surface area contributed by atoms with Crippen molar-refractivity contribution in [3.8, 4) is 11.5 Å². The first-order valence-corrected chi connectivity index (χ1v) is 9.62. The van der Waals surface area contributed by atoms with Crippen LogP contribution >= 0.6 is 23.8 Å². The van der Waals surface area contributed by atoms with Crippen LogP contribution in [0.15, 0.2) is 48.2 Å². The molecule has 2 aromatic carbocycles. The van der Waals surface area contributed by atoms with Gasteiger partial charge < -0.3 is 14.8 Å². The van der Waals surface area contributed by atoms with Gasteiger partial charge in [0.25, 0.3) is 5.91 Å². The molecule has 1 aliphatic rings. The summed E-state index contributed by atoms with van der Waals surface area (Å²) in [6, 6.07) is 12.6. The van der Waals surface area contributed by atoms with Crippen molar-refractivity contribution >= 4 is 46.6 Å². The molecule has 0 saturated carbocycles. The lowest BCUT2D eigenvalue weighted by molar-refractivity contribution is -0.113. The average Bonchev–Trinajstić information content (AvgIpc) is 2.94. The van der Waals surface area contributed by atoms with Crippen molar-refractivity contribution in [1.29, 1.82) is 0 Å². The van der Waals surface area contributed by atoms with E-state index in [0.717, 1.165) is 5.56 Å². The Labute approximate surface area is 174 Å². The molecule has 7 heteroatoms. The second-order valence-electron chi connectivity index (χ2n) is 6.70. The number of carbonyl (C=O) groups is 1. The Morgan fingerprint density at radius 2 is 1.96 bits per heavy atom. The van der Waals surface area contributed by atoms with E-state index in [4.69, 9.17) is 33.3 Å². The molecule has 1 fully saturated rings. The number of ether oxygens (including phenoxy) is 2. The highest BCUT2D eigenvalue weighted by molar-refractivity contribution is 7.80. The van der Waals surface area contributed by atoms with Crippen LogP contribution in [0.1, 0.15) is 19.4 Å². The summed E-state index contributed by atoms with van der Waals surface area (Å²) >= 11 is 11.6. The topological polar surface area (TPSA) is 50.8 Å². The average molecular weight is 417 g/mol. The lowest BCUT2D eigenvalue weighted by Gasteiger charge is -2.15. The smallest absolute Gasteiger partial charge is 0.281 e. The highest BCUT2D eigenvalue weighted by Gasteiger charge is 2.33. The molecule has 0 aliphatic carbocycles. The maximum Gasteiger partial charge on any atom is 0.281 e. The number of halogens is 1. The van der Waals surface area contributed by atoms with Crippen molar-refractivity contribution in [2.24, 2.45) is 5.92 Å². The van der Waals surface area contributed by atoms with Crippen LogP contribution in [0, 0.1) is 5.92 Å². The lowest BCUT2D eigenvalue weighted by atomic mass is 10.1. The highest BCUT2D eigenvalue weighted by atomic mass is 35.5. The van der Waals surface area contributed by atoms with Gasteiger partial charge in [-0.15, -0.1) is 0 Å². The number of nitrogens with one attached hydrogen (secondary N) is 1. The SMILES string of the molecule is COc1ccc(/C=C2\NC(=S)N(c3ccccc3Cl)C2=O)cc1OCC(C)C. The maximum absolute atomic E-state index is 12.9. The van der Waals surface area contributed by atoms with Gasteiger partial charge in [-0.1, -0.05) is 43.6 Å². The van der Waals surface area contributed by atoms with Gasteiger partial charge in [0.2, 0.25) is 0 Å². The molecular weight excluding hydrogens is 396 g/mol. The number of anilines is 1. The fourth-order valence-corrected chi connectivity index (χ4v) is 3.22. The molecule has 0 aromatic heterocycles. The number of hydrogen-bond acceptors (Lipinski definition) is 4. The molecular formula is C21H21ClN2O3S. The zero-order valence-corrected chi connectivity index (χ0v) is 17.4. The summed E-state index contributed by atoms with van der Waals surface area (Å²) in [5, 5.41) is 3.70. The third-order valence-electron chi connectivity index (χ3n) is 4.04. The molecule has 3 rings (SSSR count). The van der Waals surface area contributed by atoms with E-state index >= 15 is 0 Å². The van der Waals surface area contributed by atoms with Crippen molar-refractivity contribution < 1.29 is 14.3 Å². The summed E-state index contributed by atoms with van der Waals surface area (Å²) in [6.07, 6.45) is 1.73. The summed E-state index contributed by atoms with van der Waals surface area (Å²) in [5.41, 5.74) is 1.70. The normalized spacial score (nSPS) is 15.3. The predicted molar refractivity (Wildman–Crippen MR) is 116 cm³/mol. The summed E-state index contributed by atoms with van der Waals surface area (Å²) < 4.78 is 11.2. The van der Waals surface area contributed by atoms with E-state index in [2.05, 4.69) is 19.2 Å². The number of rotatable bonds is 6. The van der Waals surface area contributed by atoms with E-state index in [9.17, 15) is 4.79 Å². The van der Waals surface area contributed by atoms with Gasteiger partial charge in [-0.2, -0.15) is 0 Å². The quantitative estimate of drug-likeness (QED) is 0.549. The first-order valence-electron chi connectivity index (χ1n) is 8.83. The van der Waals surface area contributed by atoms with Crippen LogP contribution in [0.4, 0.5) is 5.69 Å². The second kappa shape index (κ2) is 8.63. The highest BCUT2D eigenvalue weighted by Crippen LogP contribution is 2.31. The van der Waals surface area contributed by atoms with Gasteiger partial charge in [0.1, 0.15) is 5.70 Å². The molecule has 1 amide bonds. The number of amides is 1. The van der Waals surface area contributed by atoms with Crippen LogP contribution in [0.5, 0.6) is 11.5 Å². The van der Waals surface area contributed by atoms with Crippen LogP contribution < -0.4 is 19.7 Å². The molecule has 0 bridgehead atoms. The first-order chi connectivity index (χ1) is 13.4. The number of methoxy groups -OCH3 is 1. The minimum atomic E-state index is -0.265. The Kier molecular flexibility index (Phi) is 6.21. The fourth-order valence-electron chi connectivity index (χ4n) is 2.71. The van der Waals surface area contributed by atoms with Crippen LogP contribution in [0.3, 0.4) is 0 Å².